The van der Waals surface area contributed by atoms with Gasteiger partial charge in [-0.2, -0.15) is 0 Å². The smallest absolute Gasteiger partial charge is 0.238 e. The van der Waals surface area contributed by atoms with E-state index in [1.54, 1.807) is 11.3 Å². The predicted octanol–water partition coefficient (Wildman–Crippen LogP) is 1.11. The van der Waals surface area contributed by atoms with Crippen LogP contribution in [0.2, 0.25) is 0 Å². The molecule has 0 aromatic carbocycles. The third-order valence-electron chi connectivity index (χ3n) is 2.24. The summed E-state index contributed by atoms with van der Waals surface area (Å²) < 4.78 is 22.3. The number of nitrogens with one attached hydrogen (secondary N) is 1. The molecule has 1 atom stereocenters. The highest BCUT2D eigenvalue weighted by Gasteiger charge is 2.22. The van der Waals surface area contributed by atoms with Crippen molar-refractivity contribution in [1.82, 2.24) is 5.32 Å². The number of aryl methyl sites for hydroxylation is 1. The number of rotatable bonds is 4. The van der Waals surface area contributed by atoms with Gasteiger partial charge >= 0.3 is 0 Å². The quantitative estimate of drug-likeness (QED) is 0.883. The summed E-state index contributed by atoms with van der Waals surface area (Å²) in [6, 6.07) is 3.89. The van der Waals surface area contributed by atoms with Gasteiger partial charge in [0.15, 0.2) is 9.84 Å². The topological polar surface area (TPSA) is 63.2 Å². The molecule has 6 heteroatoms. The van der Waals surface area contributed by atoms with Crippen LogP contribution in [0.5, 0.6) is 0 Å². The summed E-state index contributed by atoms with van der Waals surface area (Å²) in [6.45, 7) is 3.76. The molecule has 90 valence electrons. The van der Waals surface area contributed by atoms with Crippen LogP contribution in [-0.4, -0.2) is 25.8 Å². The predicted molar refractivity (Wildman–Crippen MR) is 65.2 cm³/mol. The molecule has 0 aliphatic heterocycles. The van der Waals surface area contributed by atoms with Crippen LogP contribution in [0, 0.1) is 6.92 Å². The minimum absolute atomic E-state index is 0.386. The lowest BCUT2D eigenvalue weighted by Crippen LogP contribution is -2.36. The van der Waals surface area contributed by atoms with E-state index in [-0.39, 0.29) is 0 Å². The summed E-state index contributed by atoms with van der Waals surface area (Å²) in [5, 5.41) is 1.62. The molecule has 1 N–H and O–H groups in total. The number of thiophene rings is 1. The maximum absolute atomic E-state index is 11.5. The second-order valence-corrected chi connectivity index (χ2v) is 7.44. The van der Waals surface area contributed by atoms with Gasteiger partial charge in [0.1, 0.15) is 5.25 Å². The van der Waals surface area contributed by atoms with Crippen LogP contribution in [0.1, 0.15) is 16.7 Å². The highest BCUT2D eigenvalue weighted by molar-refractivity contribution is 7.92. The lowest BCUT2D eigenvalue weighted by atomic mass is 10.4. The normalized spacial score (nSPS) is 13.4. The molecule has 0 saturated carbocycles. The third kappa shape index (κ3) is 3.61. The van der Waals surface area contributed by atoms with Crippen LogP contribution in [0.15, 0.2) is 12.1 Å². The monoisotopic (exact) mass is 261 g/mol. The first-order valence-corrected chi connectivity index (χ1v) is 7.59. The maximum Gasteiger partial charge on any atom is 0.238 e. The van der Waals surface area contributed by atoms with Crippen LogP contribution >= 0.6 is 11.3 Å². The van der Waals surface area contributed by atoms with Crippen LogP contribution < -0.4 is 5.32 Å². The van der Waals surface area contributed by atoms with Crippen molar-refractivity contribution in [2.45, 2.75) is 25.6 Å². The highest BCUT2D eigenvalue weighted by atomic mass is 32.2. The summed E-state index contributed by atoms with van der Waals surface area (Å²) in [4.78, 5) is 13.7. The van der Waals surface area contributed by atoms with E-state index in [0.717, 1.165) is 11.1 Å². The van der Waals surface area contributed by atoms with E-state index >= 15 is 0 Å². The zero-order valence-corrected chi connectivity index (χ0v) is 11.1. The van der Waals surface area contributed by atoms with E-state index in [4.69, 9.17) is 0 Å². The second-order valence-electron chi connectivity index (χ2n) is 3.70. The van der Waals surface area contributed by atoms with Crippen molar-refractivity contribution in [1.29, 1.82) is 0 Å². The molecule has 0 aliphatic rings. The molecule has 4 nitrogen and oxygen atoms in total. The first-order chi connectivity index (χ1) is 7.30. The van der Waals surface area contributed by atoms with Gasteiger partial charge in [-0.05, 0) is 26.0 Å². The lowest BCUT2D eigenvalue weighted by Gasteiger charge is -2.09. The molecule has 1 rings (SSSR count). The Morgan fingerprint density at radius 1 is 1.50 bits per heavy atom. The highest BCUT2D eigenvalue weighted by Crippen LogP contribution is 2.14. The van der Waals surface area contributed by atoms with Crippen molar-refractivity contribution in [3.05, 3.63) is 21.9 Å². The van der Waals surface area contributed by atoms with E-state index in [9.17, 15) is 13.2 Å². The minimum Gasteiger partial charge on any atom is -0.350 e. The molecule has 0 bridgehead atoms. The molecule has 1 aromatic heterocycles. The van der Waals surface area contributed by atoms with Crippen molar-refractivity contribution in [3.63, 3.8) is 0 Å². The first kappa shape index (κ1) is 13.2. The van der Waals surface area contributed by atoms with Crippen LogP contribution in [-0.2, 0) is 21.2 Å². The number of sulfone groups is 1. The number of hydrogen-bond acceptors (Lipinski definition) is 4. The largest absolute Gasteiger partial charge is 0.350 e. The van der Waals surface area contributed by atoms with Crippen molar-refractivity contribution in [2.24, 2.45) is 0 Å². The van der Waals surface area contributed by atoms with Gasteiger partial charge in [-0.1, -0.05) is 0 Å². The first-order valence-electron chi connectivity index (χ1n) is 4.82. The maximum atomic E-state index is 11.5. The molecule has 0 radical (unpaired) electrons. The molecule has 0 unspecified atom stereocenters. The number of carbonyl (C=O) groups excluding carboxylic acids is 1. The van der Waals surface area contributed by atoms with Crippen molar-refractivity contribution < 1.29 is 13.2 Å². The molecule has 16 heavy (non-hydrogen) atoms. The summed E-state index contributed by atoms with van der Waals surface area (Å²) in [6.07, 6.45) is 1.06. The van der Waals surface area contributed by atoms with Gasteiger partial charge in [-0.3, -0.25) is 4.79 Å². The van der Waals surface area contributed by atoms with E-state index < -0.39 is 21.0 Å². The molecule has 1 aromatic rings. The van der Waals surface area contributed by atoms with Crippen LogP contribution in [0.3, 0.4) is 0 Å². The Bertz CT molecular complexity index is 476. The summed E-state index contributed by atoms with van der Waals surface area (Å²) in [5.74, 6) is -0.450. The fourth-order valence-corrected chi connectivity index (χ4v) is 2.39. The Morgan fingerprint density at radius 2 is 2.12 bits per heavy atom. The van der Waals surface area contributed by atoms with E-state index in [2.05, 4.69) is 5.32 Å². The molecule has 0 aliphatic carbocycles. The van der Waals surface area contributed by atoms with Gasteiger partial charge in [0.05, 0.1) is 6.54 Å². The molecule has 0 fully saturated rings. The van der Waals surface area contributed by atoms with Crippen molar-refractivity contribution >= 4 is 27.1 Å². The summed E-state index contributed by atoms with van der Waals surface area (Å²) in [5.41, 5.74) is 0. The fourth-order valence-electron chi connectivity index (χ4n) is 1.09. The van der Waals surface area contributed by atoms with Gasteiger partial charge in [0, 0.05) is 16.0 Å². The SMILES string of the molecule is Cc1ccc(CNC(=O)[C@@H](C)S(C)(=O)=O)s1. The van der Waals surface area contributed by atoms with E-state index in [1.165, 1.54) is 11.8 Å². The van der Waals surface area contributed by atoms with Gasteiger partial charge in [-0.15, -0.1) is 11.3 Å². The summed E-state index contributed by atoms with van der Waals surface area (Å²) >= 11 is 1.58. The molecule has 0 spiro atoms. The molecule has 1 heterocycles. The van der Waals surface area contributed by atoms with Crippen LogP contribution in [0.4, 0.5) is 0 Å². The summed E-state index contributed by atoms with van der Waals surface area (Å²) in [7, 11) is -3.31. The lowest BCUT2D eigenvalue weighted by molar-refractivity contribution is -0.120. The minimum atomic E-state index is -3.31. The van der Waals surface area contributed by atoms with Gasteiger partial charge in [0.25, 0.3) is 0 Å². The van der Waals surface area contributed by atoms with E-state index in [0.29, 0.717) is 6.54 Å². The average molecular weight is 261 g/mol. The Kier molecular flexibility index (Phi) is 4.09. The average Bonchev–Trinajstić information content (AvgIpc) is 2.58. The Hall–Kier alpha value is -0.880. The van der Waals surface area contributed by atoms with Crippen molar-refractivity contribution in [3.8, 4) is 0 Å². The molecular formula is C10H15NO3S2. The zero-order chi connectivity index (χ0) is 12.3. The number of amides is 1. The Morgan fingerprint density at radius 3 is 2.56 bits per heavy atom. The molecule has 1 amide bonds. The van der Waals surface area contributed by atoms with E-state index in [1.807, 2.05) is 19.1 Å². The second kappa shape index (κ2) is 4.97. The number of carbonyl (C=O) groups is 1. The standard InChI is InChI=1S/C10H15NO3S2/c1-7-4-5-9(15-7)6-11-10(12)8(2)16(3,13)14/h4-5,8H,6H2,1-3H3,(H,11,12)/t8-/m1/s1. The number of hydrogen-bond donors (Lipinski definition) is 1. The third-order valence-corrected chi connectivity index (χ3v) is 4.74. The van der Waals surface area contributed by atoms with Gasteiger partial charge in [-0.25, -0.2) is 8.42 Å². The van der Waals surface area contributed by atoms with Crippen molar-refractivity contribution in [2.75, 3.05) is 6.26 Å². The molecule has 0 saturated heterocycles. The zero-order valence-electron chi connectivity index (χ0n) is 9.48. The molecular weight excluding hydrogens is 246 g/mol. The van der Waals surface area contributed by atoms with Gasteiger partial charge in [0.2, 0.25) is 5.91 Å². The van der Waals surface area contributed by atoms with Crippen LogP contribution in [0.25, 0.3) is 0 Å². The Labute approximate surface area is 99.6 Å². The Balaban J connectivity index is 2.54. The van der Waals surface area contributed by atoms with Gasteiger partial charge < -0.3 is 5.32 Å². The fraction of sp³-hybridized carbons (Fsp3) is 0.500.